The molecule has 0 aromatic heterocycles. The van der Waals surface area contributed by atoms with Crippen LogP contribution in [-0.4, -0.2) is 27.5 Å². The molecular formula is C24H26N2O5S. The van der Waals surface area contributed by atoms with Crippen LogP contribution in [-0.2, 0) is 14.8 Å². The third kappa shape index (κ3) is 5.79. The maximum atomic E-state index is 12.8. The van der Waals surface area contributed by atoms with Gasteiger partial charge in [0.2, 0.25) is 0 Å². The molecule has 0 aliphatic heterocycles. The lowest BCUT2D eigenvalue weighted by molar-refractivity contribution is -0.122. The molecule has 2 N–H and O–H groups in total. The number of ether oxygens (including phenoxy) is 2. The number of rotatable bonds is 8. The van der Waals surface area contributed by atoms with E-state index in [9.17, 15) is 13.2 Å². The molecule has 1 atom stereocenters. The number of amides is 1. The van der Waals surface area contributed by atoms with Crippen molar-refractivity contribution in [3.05, 3.63) is 77.9 Å². The van der Waals surface area contributed by atoms with Gasteiger partial charge in [-0.1, -0.05) is 18.2 Å². The minimum atomic E-state index is -3.84. The predicted octanol–water partition coefficient (Wildman–Crippen LogP) is 4.52. The van der Waals surface area contributed by atoms with E-state index in [-0.39, 0.29) is 10.8 Å². The van der Waals surface area contributed by atoms with Crippen LogP contribution < -0.4 is 19.5 Å². The lowest BCUT2D eigenvalue weighted by Crippen LogP contribution is -2.30. The minimum Gasteiger partial charge on any atom is -0.495 e. The molecule has 0 saturated heterocycles. The fourth-order valence-corrected chi connectivity index (χ4v) is 4.07. The van der Waals surface area contributed by atoms with Crippen molar-refractivity contribution in [2.45, 2.75) is 31.8 Å². The summed E-state index contributed by atoms with van der Waals surface area (Å²) in [5.74, 6) is 0.683. The first-order chi connectivity index (χ1) is 15.2. The average Bonchev–Trinajstić information content (AvgIpc) is 2.74. The highest BCUT2D eigenvalue weighted by molar-refractivity contribution is 7.92. The van der Waals surface area contributed by atoms with Gasteiger partial charge in [0.15, 0.2) is 6.10 Å². The van der Waals surface area contributed by atoms with Gasteiger partial charge in [-0.25, -0.2) is 8.42 Å². The normalized spacial score (nSPS) is 12.0. The highest BCUT2D eigenvalue weighted by Gasteiger charge is 2.18. The van der Waals surface area contributed by atoms with E-state index in [2.05, 4.69) is 10.0 Å². The molecule has 0 aliphatic carbocycles. The fraction of sp³-hybridized carbons (Fsp3) is 0.208. The topological polar surface area (TPSA) is 93.7 Å². The van der Waals surface area contributed by atoms with Crippen LogP contribution in [0.5, 0.6) is 11.5 Å². The monoisotopic (exact) mass is 454 g/mol. The highest BCUT2D eigenvalue weighted by Crippen LogP contribution is 2.28. The standard InChI is InChI=1S/C24H26N2O5S/c1-16-6-5-7-20(14-16)31-18(3)24(27)25-19-9-11-21(12-10-19)32(28,29)26-22-15-17(2)8-13-23(22)30-4/h5-15,18,26H,1-4H3,(H,25,27)/t18-/m1/s1. The molecule has 0 heterocycles. The number of benzene rings is 3. The number of sulfonamides is 1. The Hall–Kier alpha value is -3.52. The van der Waals surface area contributed by atoms with Crippen molar-refractivity contribution >= 4 is 27.3 Å². The van der Waals surface area contributed by atoms with E-state index < -0.39 is 16.1 Å². The molecule has 32 heavy (non-hydrogen) atoms. The van der Waals surface area contributed by atoms with Crippen LogP contribution in [0.4, 0.5) is 11.4 Å². The van der Waals surface area contributed by atoms with Gasteiger partial charge in [0.05, 0.1) is 17.7 Å². The number of aryl methyl sites for hydroxylation is 2. The molecule has 0 fully saturated rings. The lowest BCUT2D eigenvalue weighted by atomic mass is 10.2. The van der Waals surface area contributed by atoms with Crippen LogP contribution >= 0.6 is 0 Å². The average molecular weight is 455 g/mol. The van der Waals surface area contributed by atoms with E-state index in [4.69, 9.17) is 9.47 Å². The smallest absolute Gasteiger partial charge is 0.265 e. The maximum absolute atomic E-state index is 12.8. The molecule has 1 amide bonds. The number of hydrogen-bond acceptors (Lipinski definition) is 5. The Kier molecular flexibility index (Phi) is 7.05. The largest absolute Gasteiger partial charge is 0.495 e. The van der Waals surface area contributed by atoms with Crippen LogP contribution in [0, 0.1) is 13.8 Å². The number of carbonyl (C=O) groups is 1. The van der Waals surface area contributed by atoms with Gasteiger partial charge in [0.1, 0.15) is 11.5 Å². The number of carbonyl (C=O) groups excluding carboxylic acids is 1. The molecule has 0 spiro atoms. The van der Waals surface area contributed by atoms with Crippen LogP contribution in [0.1, 0.15) is 18.1 Å². The summed E-state index contributed by atoms with van der Waals surface area (Å²) in [5, 5.41) is 2.73. The van der Waals surface area contributed by atoms with Crippen molar-refractivity contribution in [2.75, 3.05) is 17.1 Å². The Balaban J connectivity index is 1.67. The molecular weight excluding hydrogens is 428 g/mol. The Bertz CT molecular complexity index is 1210. The molecule has 0 bridgehead atoms. The van der Waals surface area contributed by atoms with Crippen molar-refractivity contribution < 1.29 is 22.7 Å². The zero-order chi connectivity index (χ0) is 23.3. The van der Waals surface area contributed by atoms with E-state index in [0.29, 0.717) is 22.9 Å². The van der Waals surface area contributed by atoms with Gasteiger partial charge in [0.25, 0.3) is 15.9 Å². The van der Waals surface area contributed by atoms with Crippen LogP contribution in [0.2, 0.25) is 0 Å². The van der Waals surface area contributed by atoms with E-state index in [1.807, 2.05) is 38.1 Å². The molecule has 8 heteroatoms. The SMILES string of the molecule is COc1ccc(C)cc1NS(=O)(=O)c1ccc(NC(=O)[C@@H](C)Oc2cccc(C)c2)cc1. The van der Waals surface area contributed by atoms with Gasteiger partial charge in [-0.15, -0.1) is 0 Å². The molecule has 0 unspecified atom stereocenters. The highest BCUT2D eigenvalue weighted by atomic mass is 32.2. The summed E-state index contributed by atoms with van der Waals surface area (Å²) < 4.78 is 39.0. The van der Waals surface area contributed by atoms with E-state index in [0.717, 1.165) is 11.1 Å². The van der Waals surface area contributed by atoms with Crippen molar-refractivity contribution in [2.24, 2.45) is 0 Å². The summed E-state index contributed by atoms with van der Waals surface area (Å²) in [6.45, 7) is 5.45. The van der Waals surface area contributed by atoms with Crippen molar-refractivity contribution in [3.63, 3.8) is 0 Å². The van der Waals surface area contributed by atoms with E-state index >= 15 is 0 Å². The van der Waals surface area contributed by atoms with Crippen LogP contribution in [0.15, 0.2) is 71.6 Å². The lowest BCUT2D eigenvalue weighted by Gasteiger charge is -2.15. The first kappa shape index (κ1) is 23.1. The van der Waals surface area contributed by atoms with E-state index in [1.165, 1.54) is 31.4 Å². The molecule has 7 nitrogen and oxygen atoms in total. The minimum absolute atomic E-state index is 0.0584. The molecule has 3 rings (SSSR count). The summed E-state index contributed by atoms with van der Waals surface area (Å²) >= 11 is 0. The summed E-state index contributed by atoms with van der Waals surface area (Å²) in [6, 6.07) is 18.6. The van der Waals surface area contributed by atoms with Crippen molar-refractivity contribution in [1.29, 1.82) is 0 Å². The third-order valence-corrected chi connectivity index (χ3v) is 6.08. The summed E-state index contributed by atoms with van der Waals surface area (Å²) in [4.78, 5) is 12.5. The van der Waals surface area contributed by atoms with Gasteiger partial charge >= 0.3 is 0 Å². The van der Waals surface area contributed by atoms with Gasteiger partial charge in [-0.3, -0.25) is 9.52 Å². The predicted molar refractivity (Wildman–Crippen MR) is 125 cm³/mol. The molecule has 0 radical (unpaired) electrons. The summed E-state index contributed by atoms with van der Waals surface area (Å²) in [7, 11) is -2.36. The molecule has 3 aromatic rings. The number of hydrogen-bond donors (Lipinski definition) is 2. The zero-order valence-electron chi connectivity index (χ0n) is 18.4. The summed E-state index contributed by atoms with van der Waals surface area (Å²) in [5.41, 5.74) is 2.74. The summed E-state index contributed by atoms with van der Waals surface area (Å²) in [6.07, 6.45) is -0.726. The number of anilines is 2. The maximum Gasteiger partial charge on any atom is 0.265 e. The Labute approximate surface area is 188 Å². The van der Waals surface area contributed by atoms with E-state index in [1.54, 1.807) is 25.1 Å². The first-order valence-corrected chi connectivity index (χ1v) is 11.5. The molecule has 3 aromatic carbocycles. The molecule has 168 valence electrons. The second kappa shape index (κ2) is 9.74. The van der Waals surface area contributed by atoms with Gasteiger partial charge < -0.3 is 14.8 Å². The fourth-order valence-electron chi connectivity index (χ4n) is 3.01. The second-order valence-electron chi connectivity index (χ2n) is 7.40. The Morgan fingerprint density at radius 2 is 1.62 bits per heavy atom. The zero-order valence-corrected chi connectivity index (χ0v) is 19.2. The van der Waals surface area contributed by atoms with Crippen molar-refractivity contribution in [3.8, 4) is 11.5 Å². The van der Waals surface area contributed by atoms with Gasteiger partial charge in [-0.05, 0) is 80.4 Å². The number of methoxy groups -OCH3 is 1. The first-order valence-electron chi connectivity index (χ1n) is 9.99. The van der Waals surface area contributed by atoms with Crippen LogP contribution in [0.25, 0.3) is 0 Å². The second-order valence-corrected chi connectivity index (χ2v) is 9.08. The van der Waals surface area contributed by atoms with Gasteiger partial charge in [-0.2, -0.15) is 0 Å². The third-order valence-electron chi connectivity index (χ3n) is 4.70. The quantitative estimate of drug-likeness (QED) is 0.522. The van der Waals surface area contributed by atoms with Crippen LogP contribution in [0.3, 0.4) is 0 Å². The van der Waals surface area contributed by atoms with Crippen molar-refractivity contribution in [1.82, 2.24) is 0 Å². The number of nitrogens with one attached hydrogen (secondary N) is 2. The Morgan fingerprint density at radius 1 is 0.938 bits per heavy atom. The molecule has 0 aliphatic rings. The molecule has 0 saturated carbocycles. The van der Waals surface area contributed by atoms with Gasteiger partial charge in [0, 0.05) is 5.69 Å². The Morgan fingerprint density at radius 3 is 2.28 bits per heavy atom.